The number of sulfone groups is 1. The van der Waals surface area contributed by atoms with Crippen LogP contribution in [-0.4, -0.2) is 24.1 Å². The summed E-state index contributed by atoms with van der Waals surface area (Å²) in [5.74, 6) is 0.0368. The highest BCUT2D eigenvalue weighted by Gasteiger charge is 2.08. The molecule has 0 N–H and O–H groups in total. The van der Waals surface area contributed by atoms with Crippen LogP contribution < -0.4 is 0 Å². The highest BCUT2D eigenvalue weighted by molar-refractivity contribution is 7.92. The fourth-order valence-electron chi connectivity index (χ4n) is 1.70. The summed E-state index contributed by atoms with van der Waals surface area (Å²) in [6.07, 6.45) is 10.4. The molecular weight excluding hydrogens is 248 g/mol. The first-order chi connectivity index (χ1) is 8.56. The summed E-state index contributed by atoms with van der Waals surface area (Å²) < 4.78 is 22.2. The van der Waals surface area contributed by atoms with Crippen molar-refractivity contribution < 1.29 is 8.42 Å². The molecule has 1 radical (unpaired) electrons. The largest absolute Gasteiger partial charge is 0.265 e. The fraction of sp³-hybridized carbons (Fsp3) is 0.154. The van der Waals surface area contributed by atoms with Crippen LogP contribution in [0, 0.1) is 6.26 Å². The Bertz CT molecular complexity index is 624. The molecule has 5 heteroatoms. The molecule has 2 heterocycles. The first-order valence-electron chi connectivity index (χ1n) is 5.45. The maximum atomic E-state index is 11.1. The van der Waals surface area contributed by atoms with Crippen molar-refractivity contribution in [2.24, 2.45) is 0 Å². The lowest BCUT2D eigenvalue weighted by atomic mass is 10.0. The minimum Gasteiger partial charge on any atom is -0.265 e. The normalized spacial score (nSPS) is 11.4. The van der Waals surface area contributed by atoms with E-state index in [9.17, 15) is 8.42 Å². The Morgan fingerprint density at radius 1 is 1.06 bits per heavy atom. The van der Waals surface area contributed by atoms with Crippen molar-refractivity contribution >= 4 is 9.84 Å². The van der Waals surface area contributed by atoms with Gasteiger partial charge in [0.15, 0.2) is 9.84 Å². The Balaban J connectivity index is 2.32. The summed E-state index contributed by atoms with van der Waals surface area (Å²) in [5, 5.41) is 0. The number of nitrogens with zero attached hydrogens (tertiary/aromatic N) is 2. The zero-order valence-corrected chi connectivity index (χ0v) is 10.6. The van der Waals surface area contributed by atoms with Gasteiger partial charge < -0.3 is 0 Å². The molecule has 0 atom stereocenters. The van der Waals surface area contributed by atoms with Gasteiger partial charge in [-0.25, -0.2) is 8.42 Å². The zero-order valence-electron chi connectivity index (χ0n) is 9.78. The molecule has 0 bridgehead atoms. The molecule has 4 nitrogen and oxygen atoms in total. The van der Waals surface area contributed by atoms with Gasteiger partial charge in [-0.15, -0.1) is 0 Å². The van der Waals surface area contributed by atoms with Gasteiger partial charge in [0.05, 0.1) is 12.0 Å². The van der Waals surface area contributed by atoms with Gasteiger partial charge in [0.1, 0.15) is 0 Å². The first kappa shape index (κ1) is 12.7. The van der Waals surface area contributed by atoms with E-state index in [1.54, 1.807) is 24.8 Å². The molecule has 18 heavy (non-hydrogen) atoms. The van der Waals surface area contributed by atoms with Gasteiger partial charge in [0, 0.05) is 30.4 Å². The summed E-state index contributed by atoms with van der Waals surface area (Å²) in [5.41, 5.74) is 2.86. The van der Waals surface area contributed by atoms with Crippen LogP contribution in [0.1, 0.15) is 5.56 Å². The zero-order chi connectivity index (χ0) is 13.0. The number of aromatic nitrogens is 2. The lowest BCUT2D eigenvalue weighted by Gasteiger charge is -2.08. The fourth-order valence-corrected chi connectivity index (χ4v) is 2.23. The van der Waals surface area contributed by atoms with Gasteiger partial charge in [-0.1, -0.05) is 0 Å². The average molecular weight is 261 g/mol. The number of pyridine rings is 2. The van der Waals surface area contributed by atoms with Crippen molar-refractivity contribution in [2.75, 3.05) is 5.75 Å². The van der Waals surface area contributed by atoms with Crippen molar-refractivity contribution in [3.8, 4) is 11.1 Å². The van der Waals surface area contributed by atoms with Crippen LogP contribution in [0.4, 0.5) is 0 Å². The predicted molar refractivity (Wildman–Crippen MR) is 70.3 cm³/mol. The van der Waals surface area contributed by atoms with E-state index in [2.05, 4.69) is 16.2 Å². The van der Waals surface area contributed by atoms with Crippen LogP contribution in [0.2, 0.25) is 0 Å². The molecule has 0 aliphatic carbocycles. The smallest absolute Gasteiger partial charge is 0.151 e. The molecule has 2 aromatic heterocycles. The van der Waals surface area contributed by atoms with Gasteiger partial charge in [0.25, 0.3) is 0 Å². The predicted octanol–water partition coefficient (Wildman–Crippen LogP) is 1.89. The molecule has 0 aromatic carbocycles. The van der Waals surface area contributed by atoms with Crippen LogP contribution in [0.5, 0.6) is 0 Å². The van der Waals surface area contributed by atoms with Crippen molar-refractivity contribution in [3.05, 3.63) is 54.8 Å². The van der Waals surface area contributed by atoms with E-state index in [-0.39, 0.29) is 5.75 Å². The van der Waals surface area contributed by atoms with Crippen LogP contribution in [-0.2, 0) is 16.3 Å². The summed E-state index contributed by atoms with van der Waals surface area (Å²) in [6.45, 7) is 0. The summed E-state index contributed by atoms with van der Waals surface area (Å²) in [4.78, 5) is 8.04. The van der Waals surface area contributed by atoms with Crippen LogP contribution in [0.15, 0.2) is 43.0 Å². The second-order valence-electron chi connectivity index (χ2n) is 3.97. The van der Waals surface area contributed by atoms with Gasteiger partial charge in [-0.05, 0) is 35.7 Å². The summed E-state index contributed by atoms with van der Waals surface area (Å²) in [7, 11) is -3.20. The Morgan fingerprint density at radius 2 is 1.72 bits per heavy atom. The van der Waals surface area contributed by atoms with Crippen molar-refractivity contribution in [2.45, 2.75) is 6.42 Å². The second kappa shape index (κ2) is 5.27. The molecule has 0 aliphatic rings. The van der Waals surface area contributed by atoms with E-state index < -0.39 is 9.84 Å². The van der Waals surface area contributed by atoms with Crippen LogP contribution in [0.3, 0.4) is 0 Å². The molecular formula is C13H13N2O2S. The van der Waals surface area contributed by atoms with E-state index >= 15 is 0 Å². The number of aryl methyl sites for hydroxylation is 1. The quantitative estimate of drug-likeness (QED) is 0.843. The van der Waals surface area contributed by atoms with E-state index in [4.69, 9.17) is 0 Å². The van der Waals surface area contributed by atoms with E-state index in [0.29, 0.717) is 6.42 Å². The Hall–Kier alpha value is -1.75. The second-order valence-corrected chi connectivity index (χ2v) is 5.86. The molecule has 0 saturated heterocycles. The highest BCUT2D eigenvalue weighted by atomic mass is 32.2. The average Bonchev–Trinajstić information content (AvgIpc) is 2.37. The third-order valence-electron chi connectivity index (χ3n) is 2.59. The SMILES string of the molecule is [CH2]S(=O)(=O)CCc1ccncc1-c1ccncc1. The summed E-state index contributed by atoms with van der Waals surface area (Å²) >= 11 is 0. The standard InChI is InChI=1S/C13H13N2O2S/c1-18(16,17)9-5-12-4-8-15-10-13(12)11-2-6-14-7-3-11/h2-4,6-8,10H,1,5,9H2. The molecule has 0 amide bonds. The van der Waals surface area contributed by atoms with Crippen LogP contribution in [0.25, 0.3) is 11.1 Å². The Morgan fingerprint density at radius 3 is 2.39 bits per heavy atom. The number of hydrogen-bond donors (Lipinski definition) is 0. The number of hydrogen-bond acceptors (Lipinski definition) is 4. The maximum absolute atomic E-state index is 11.1. The molecule has 2 rings (SSSR count). The number of rotatable bonds is 4. The third-order valence-corrected chi connectivity index (χ3v) is 3.41. The molecule has 0 saturated carbocycles. The van der Waals surface area contributed by atoms with Gasteiger partial charge >= 0.3 is 0 Å². The lowest BCUT2D eigenvalue weighted by molar-refractivity contribution is 0.603. The van der Waals surface area contributed by atoms with Crippen molar-refractivity contribution in [1.29, 1.82) is 0 Å². The molecule has 0 spiro atoms. The topological polar surface area (TPSA) is 59.9 Å². The van der Waals surface area contributed by atoms with Gasteiger partial charge in [-0.2, -0.15) is 0 Å². The molecule has 2 aromatic rings. The highest BCUT2D eigenvalue weighted by Crippen LogP contribution is 2.22. The van der Waals surface area contributed by atoms with E-state index in [1.165, 1.54) is 0 Å². The minimum atomic E-state index is -3.20. The van der Waals surface area contributed by atoms with Crippen molar-refractivity contribution in [3.63, 3.8) is 0 Å². The monoisotopic (exact) mass is 261 g/mol. The third kappa shape index (κ3) is 3.37. The van der Waals surface area contributed by atoms with E-state index in [1.807, 2.05) is 18.2 Å². The maximum Gasteiger partial charge on any atom is 0.151 e. The van der Waals surface area contributed by atoms with Crippen LogP contribution >= 0.6 is 0 Å². The van der Waals surface area contributed by atoms with Gasteiger partial charge in [-0.3, -0.25) is 9.97 Å². The van der Waals surface area contributed by atoms with E-state index in [0.717, 1.165) is 16.7 Å². The Kier molecular flexibility index (Phi) is 3.72. The molecule has 0 aliphatic heterocycles. The molecule has 93 valence electrons. The summed E-state index contributed by atoms with van der Waals surface area (Å²) in [6, 6.07) is 5.58. The van der Waals surface area contributed by atoms with Gasteiger partial charge in [0.2, 0.25) is 0 Å². The first-order valence-corrected chi connectivity index (χ1v) is 7.27. The minimum absolute atomic E-state index is 0.0368. The Labute approximate surface area is 107 Å². The molecule has 0 fully saturated rings. The van der Waals surface area contributed by atoms with Crippen molar-refractivity contribution in [1.82, 2.24) is 9.97 Å². The lowest BCUT2D eigenvalue weighted by Crippen LogP contribution is -2.05. The molecule has 0 unspecified atom stereocenters.